The Balaban J connectivity index is 1.89. The summed E-state index contributed by atoms with van der Waals surface area (Å²) in [6.45, 7) is 0. The number of phenolic OH excluding ortho intramolecular Hbond substituents is 1. The molecule has 0 radical (unpaired) electrons. The Morgan fingerprint density at radius 3 is 2.60 bits per heavy atom. The molecule has 1 aliphatic rings. The van der Waals surface area contributed by atoms with Crippen LogP contribution in [0.15, 0.2) is 48.5 Å². The van der Waals surface area contributed by atoms with Gasteiger partial charge in [0.05, 0.1) is 17.1 Å². The van der Waals surface area contributed by atoms with Gasteiger partial charge in [-0.2, -0.15) is 0 Å². The molecule has 3 aromatic rings. The smallest absolute Gasteiger partial charge is 0.167 e. The molecular formula is C20H17NO4. The van der Waals surface area contributed by atoms with Gasteiger partial charge in [-0.05, 0) is 36.1 Å². The monoisotopic (exact) mass is 335 g/mol. The summed E-state index contributed by atoms with van der Waals surface area (Å²) in [4.78, 5) is 12.4. The van der Waals surface area contributed by atoms with Crippen LogP contribution >= 0.6 is 0 Å². The number of benzene rings is 3. The number of nitrogens with two attached hydrogens (primary N) is 1. The minimum atomic E-state index is -0.780. The highest BCUT2D eigenvalue weighted by Gasteiger charge is 2.30. The molecule has 0 spiro atoms. The van der Waals surface area contributed by atoms with Gasteiger partial charge in [-0.25, -0.2) is 0 Å². The first-order chi connectivity index (χ1) is 12.1. The van der Waals surface area contributed by atoms with Gasteiger partial charge < -0.3 is 20.7 Å². The Labute approximate surface area is 144 Å². The van der Waals surface area contributed by atoms with Crippen molar-refractivity contribution in [3.05, 3.63) is 59.7 Å². The van der Waals surface area contributed by atoms with Crippen LogP contribution in [0.5, 0.6) is 17.2 Å². The number of anilines is 1. The average molecular weight is 335 g/mol. The lowest BCUT2D eigenvalue weighted by Crippen LogP contribution is -2.18. The van der Waals surface area contributed by atoms with E-state index in [0.29, 0.717) is 40.1 Å². The number of hydrogen-bond donors (Lipinski definition) is 3. The summed E-state index contributed by atoms with van der Waals surface area (Å²) in [5.41, 5.74) is 7.10. The van der Waals surface area contributed by atoms with Crippen molar-refractivity contribution in [3.8, 4) is 17.2 Å². The van der Waals surface area contributed by atoms with Crippen LogP contribution < -0.4 is 10.5 Å². The largest absolute Gasteiger partial charge is 0.507 e. The predicted molar refractivity (Wildman–Crippen MR) is 95.1 cm³/mol. The first-order valence-corrected chi connectivity index (χ1v) is 8.08. The van der Waals surface area contributed by atoms with E-state index in [-0.39, 0.29) is 18.0 Å². The molecule has 5 heteroatoms. The van der Waals surface area contributed by atoms with Gasteiger partial charge in [0.15, 0.2) is 5.78 Å². The van der Waals surface area contributed by atoms with E-state index in [0.717, 1.165) is 5.39 Å². The van der Waals surface area contributed by atoms with E-state index < -0.39 is 6.10 Å². The fourth-order valence-corrected chi connectivity index (χ4v) is 3.38. The van der Waals surface area contributed by atoms with Crippen LogP contribution in [0, 0.1) is 0 Å². The Hall–Kier alpha value is -3.05. The van der Waals surface area contributed by atoms with Gasteiger partial charge in [0.25, 0.3) is 0 Å². The maximum absolute atomic E-state index is 12.4. The van der Waals surface area contributed by atoms with Crippen molar-refractivity contribution in [3.63, 3.8) is 0 Å². The van der Waals surface area contributed by atoms with Gasteiger partial charge in [0.1, 0.15) is 17.2 Å². The number of Topliss-reactive ketones (excluding diaryl/α,β-unsaturated/α-hetero) is 1. The molecule has 1 aliphatic carbocycles. The van der Waals surface area contributed by atoms with Gasteiger partial charge in [-0.3, -0.25) is 4.79 Å². The number of aromatic hydroxyl groups is 1. The molecule has 0 amide bonds. The molecular weight excluding hydrogens is 318 g/mol. The Kier molecular flexibility index (Phi) is 3.58. The van der Waals surface area contributed by atoms with Crippen molar-refractivity contribution in [2.75, 3.05) is 5.73 Å². The molecule has 0 aliphatic heterocycles. The van der Waals surface area contributed by atoms with Gasteiger partial charge in [-0.15, -0.1) is 0 Å². The molecule has 25 heavy (non-hydrogen) atoms. The summed E-state index contributed by atoms with van der Waals surface area (Å²) in [5.74, 6) is 0.773. The van der Waals surface area contributed by atoms with Crippen molar-refractivity contribution in [2.24, 2.45) is 0 Å². The zero-order chi connectivity index (χ0) is 17.6. The van der Waals surface area contributed by atoms with Gasteiger partial charge in [0.2, 0.25) is 0 Å². The fourth-order valence-electron chi connectivity index (χ4n) is 3.38. The van der Waals surface area contributed by atoms with Crippen LogP contribution in [0.3, 0.4) is 0 Å². The highest BCUT2D eigenvalue weighted by atomic mass is 16.5. The summed E-state index contributed by atoms with van der Waals surface area (Å²) >= 11 is 0. The molecule has 0 unspecified atom stereocenters. The Bertz CT molecular complexity index is 991. The number of ketones is 1. The second-order valence-electron chi connectivity index (χ2n) is 6.15. The summed E-state index contributed by atoms with van der Waals surface area (Å²) < 4.78 is 6.00. The molecule has 0 bridgehead atoms. The molecule has 4 rings (SSSR count). The average Bonchev–Trinajstić information content (AvgIpc) is 2.60. The third-order valence-electron chi connectivity index (χ3n) is 4.56. The van der Waals surface area contributed by atoms with E-state index in [2.05, 4.69) is 0 Å². The van der Waals surface area contributed by atoms with Crippen LogP contribution in [-0.4, -0.2) is 16.0 Å². The van der Waals surface area contributed by atoms with E-state index >= 15 is 0 Å². The minimum Gasteiger partial charge on any atom is -0.507 e. The first-order valence-electron chi connectivity index (χ1n) is 8.08. The van der Waals surface area contributed by atoms with E-state index in [1.807, 2.05) is 18.2 Å². The first kappa shape index (κ1) is 15.5. The molecule has 126 valence electrons. The highest BCUT2D eigenvalue weighted by molar-refractivity contribution is 6.03. The molecule has 4 N–H and O–H groups in total. The Morgan fingerprint density at radius 2 is 1.80 bits per heavy atom. The molecule has 0 heterocycles. The number of carbonyl (C=O) groups excluding carboxylic acids is 1. The van der Waals surface area contributed by atoms with Crippen LogP contribution in [0.25, 0.3) is 10.8 Å². The van der Waals surface area contributed by atoms with Crippen LogP contribution in [0.4, 0.5) is 5.69 Å². The fraction of sp³-hybridized carbons (Fsp3) is 0.150. The third kappa shape index (κ3) is 2.49. The van der Waals surface area contributed by atoms with Crippen LogP contribution in [-0.2, 0) is 0 Å². The number of nitrogen functional groups attached to an aromatic ring is 1. The van der Waals surface area contributed by atoms with Gasteiger partial charge in [-0.1, -0.05) is 24.3 Å². The summed E-state index contributed by atoms with van der Waals surface area (Å²) in [5, 5.41) is 21.8. The highest BCUT2D eigenvalue weighted by Crippen LogP contribution is 2.42. The van der Waals surface area contributed by atoms with Crippen LogP contribution in [0.2, 0.25) is 0 Å². The van der Waals surface area contributed by atoms with Crippen molar-refractivity contribution in [1.82, 2.24) is 0 Å². The second kappa shape index (κ2) is 5.79. The van der Waals surface area contributed by atoms with Gasteiger partial charge in [0, 0.05) is 17.7 Å². The van der Waals surface area contributed by atoms with E-state index in [9.17, 15) is 15.0 Å². The number of ether oxygens (including phenoxy) is 1. The lowest BCUT2D eigenvalue weighted by Gasteiger charge is -2.24. The lowest BCUT2D eigenvalue weighted by atomic mass is 9.86. The second-order valence-corrected chi connectivity index (χ2v) is 6.15. The molecule has 5 nitrogen and oxygen atoms in total. The molecule has 0 fully saturated rings. The molecule has 0 saturated carbocycles. The quantitative estimate of drug-likeness (QED) is 0.617. The van der Waals surface area contributed by atoms with Crippen molar-refractivity contribution in [1.29, 1.82) is 0 Å². The van der Waals surface area contributed by atoms with E-state index in [4.69, 9.17) is 10.5 Å². The molecule has 0 saturated heterocycles. The SMILES string of the molecule is Nc1ccc(Oc2cccc3cccc(O)c23)c2c1[C@@H](O)CCC2=O. The summed E-state index contributed by atoms with van der Waals surface area (Å²) in [6, 6.07) is 13.9. The normalized spacial score (nSPS) is 16.7. The van der Waals surface area contributed by atoms with Crippen LogP contribution in [0.1, 0.15) is 34.9 Å². The van der Waals surface area contributed by atoms with Crippen molar-refractivity contribution < 1.29 is 19.7 Å². The maximum Gasteiger partial charge on any atom is 0.167 e. The number of aliphatic hydroxyl groups is 1. The maximum atomic E-state index is 12.4. The number of phenols is 1. The molecule has 3 aromatic carbocycles. The van der Waals surface area contributed by atoms with Crippen molar-refractivity contribution in [2.45, 2.75) is 18.9 Å². The third-order valence-corrected chi connectivity index (χ3v) is 4.56. The zero-order valence-corrected chi connectivity index (χ0v) is 13.4. The zero-order valence-electron chi connectivity index (χ0n) is 13.4. The number of carbonyl (C=O) groups is 1. The lowest BCUT2D eigenvalue weighted by molar-refractivity contribution is 0.0894. The van der Waals surface area contributed by atoms with E-state index in [1.165, 1.54) is 0 Å². The number of aliphatic hydroxyl groups excluding tert-OH is 1. The molecule has 0 aromatic heterocycles. The summed E-state index contributed by atoms with van der Waals surface area (Å²) in [6.07, 6.45) is -0.180. The van der Waals surface area contributed by atoms with Crippen molar-refractivity contribution >= 4 is 22.2 Å². The topological polar surface area (TPSA) is 92.8 Å². The van der Waals surface area contributed by atoms with E-state index in [1.54, 1.807) is 30.3 Å². The minimum absolute atomic E-state index is 0.101. The van der Waals surface area contributed by atoms with Gasteiger partial charge >= 0.3 is 0 Å². The number of fused-ring (bicyclic) bond motifs is 2. The standard InChI is InChI=1S/C20H17NO4/c21-12-7-10-17(20-15(24)9-8-14(23)19(12)20)25-16-6-2-4-11-3-1-5-13(22)18(11)16/h1-7,10,14,22-23H,8-9,21H2/t14-/m0/s1. The number of rotatable bonds is 2. The summed E-state index contributed by atoms with van der Waals surface area (Å²) in [7, 11) is 0. The predicted octanol–water partition coefficient (Wildman–Crippen LogP) is 3.93. The molecule has 1 atom stereocenters. The number of hydrogen-bond acceptors (Lipinski definition) is 5. The Morgan fingerprint density at radius 1 is 1.04 bits per heavy atom.